The van der Waals surface area contributed by atoms with Gasteiger partial charge < -0.3 is 9.42 Å². The SMILES string of the molecule is CCc1nc([C@@H]2CCCN(c3cnc4ccccc4n3)C2)no1. The number of benzene rings is 1. The number of hydrogen-bond donors (Lipinski definition) is 0. The lowest BCUT2D eigenvalue weighted by molar-refractivity contribution is 0.368. The van der Waals surface area contributed by atoms with Crippen molar-refractivity contribution >= 4 is 16.9 Å². The van der Waals surface area contributed by atoms with E-state index < -0.39 is 0 Å². The third kappa shape index (κ3) is 2.76. The Labute approximate surface area is 134 Å². The fraction of sp³-hybridized carbons (Fsp3) is 0.412. The van der Waals surface area contributed by atoms with Crippen molar-refractivity contribution in [3.63, 3.8) is 0 Å². The van der Waals surface area contributed by atoms with Gasteiger partial charge in [-0.2, -0.15) is 4.98 Å². The molecular weight excluding hydrogens is 290 g/mol. The molecule has 0 bridgehead atoms. The standard InChI is InChI=1S/C17H19N5O/c1-2-16-20-17(21-23-16)12-6-5-9-22(11-12)15-10-18-13-7-3-4-8-14(13)19-15/h3-4,7-8,10,12H,2,5-6,9,11H2,1H3/t12-/m1/s1. The van der Waals surface area contributed by atoms with Crippen molar-refractivity contribution < 1.29 is 4.52 Å². The lowest BCUT2D eigenvalue weighted by atomic mass is 9.97. The van der Waals surface area contributed by atoms with Gasteiger partial charge in [0.2, 0.25) is 5.89 Å². The molecule has 4 rings (SSSR count). The topological polar surface area (TPSA) is 67.9 Å². The lowest BCUT2D eigenvalue weighted by Crippen LogP contribution is -2.35. The van der Waals surface area contributed by atoms with Crippen LogP contribution in [0.5, 0.6) is 0 Å². The van der Waals surface area contributed by atoms with Crippen molar-refractivity contribution in [2.24, 2.45) is 0 Å². The molecular formula is C17H19N5O. The Bertz CT molecular complexity index is 815. The monoisotopic (exact) mass is 309 g/mol. The van der Waals surface area contributed by atoms with E-state index in [0.29, 0.717) is 11.8 Å². The van der Waals surface area contributed by atoms with Gasteiger partial charge in [-0.05, 0) is 25.0 Å². The van der Waals surface area contributed by atoms with Crippen molar-refractivity contribution in [1.82, 2.24) is 20.1 Å². The van der Waals surface area contributed by atoms with Crippen LogP contribution >= 0.6 is 0 Å². The zero-order valence-electron chi connectivity index (χ0n) is 13.1. The summed E-state index contributed by atoms with van der Waals surface area (Å²) in [6.07, 6.45) is 4.81. The number of nitrogens with zero attached hydrogens (tertiary/aromatic N) is 5. The molecule has 2 aromatic heterocycles. The van der Waals surface area contributed by atoms with Crippen LogP contribution in [0, 0.1) is 0 Å². The number of rotatable bonds is 3. The Hall–Kier alpha value is -2.50. The van der Waals surface area contributed by atoms with Gasteiger partial charge in [0.15, 0.2) is 5.82 Å². The summed E-state index contributed by atoms with van der Waals surface area (Å²) in [5.41, 5.74) is 1.86. The first kappa shape index (κ1) is 14.1. The number of piperidine rings is 1. The summed E-state index contributed by atoms with van der Waals surface area (Å²) < 4.78 is 5.26. The molecule has 6 nitrogen and oxygen atoms in total. The minimum Gasteiger partial charge on any atom is -0.355 e. The molecule has 0 saturated carbocycles. The molecule has 1 aromatic carbocycles. The van der Waals surface area contributed by atoms with E-state index in [9.17, 15) is 0 Å². The molecule has 118 valence electrons. The van der Waals surface area contributed by atoms with Crippen molar-refractivity contribution in [3.05, 3.63) is 42.2 Å². The average Bonchev–Trinajstić information content (AvgIpc) is 3.11. The van der Waals surface area contributed by atoms with Crippen molar-refractivity contribution in [3.8, 4) is 0 Å². The van der Waals surface area contributed by atoms with E-state index in [1.807, 2.05) is 37.4 Å². The Balaban J connectivity index is 1.58. The van der Waals surface area contributed by atoms with E-state index in [4.69, 9.17) is 9.51 Å². The summed E-state index contributed by atoms with van der Waals surface area (Å²) in [6, 6.07) is 7.96. The second kappa shape index (κ2) is 5.95. The molecule has 6 heteroatoms. The van der Waals surface area contributed by atoms with Gasteiger partial charge in [-0.15, -0.1) is 0 Å². The fourth-order valence-corrected chi connectivity index (χ4v) is 3.07. The molecule has 1 saturated heterocycles. The molecule has 1 atom stereocenters. The normalized spacial score (nSPS) is 18.5. The van der Waals surface area contributed by atoms with Crippen molar-refractivity contribution in [1.29, 1.82) is 0 Å². The molecule has 1 fully saturated rings. The highest BCUT2D eigenvalue weighted by atomic mass is 16.5. The highest BCUT2D eigenvalue weighted by Gasteiger charge is 2.26. The van der Waals surface area contributed by atoms with Crippen LogP contribution < -0.4 is 4.90 Å². The minimum atomic E-state index is 0.293. The predicted molar refractivity (Wildman–Crippen MR) is 87.4 cm³/mol. The van der Waals surface area contributed by atoms with Crippen LogP contribution in [0.25, 0.3) is 11.0 Å². The van der Waals surface area contributed by atoms with E-state index in [0.717, 1.165) is 55.0 Å². The average molecular weight is 309 g/mol. The van der Waals surface area contributed by atoms with Gasteiger partial charge in [0, 0.05) is 25.4 Å². The molecule has 0 aliphatic carbocycles. The minimum absolute atomic E-state index is 0.293. The first-order chi connectivity index (χ1) is 11.3. The molecule has 1 aliphatic heterocycles. The molecule has 0 unspecified atom stereocenters. The molecule has 0 radical (unpaired) electrons. The maximum absolute atomic E-state index is 5.26. The predicted octanol–water partition coefficient (Wildman–Crippen LogP) is 2.96. The number of fused-ring (bicyclic) bond motifs is 1. The van der Waals surface area contributed by atoms with Crippen molar-refractivity contribution in [2.45, 2.75) is 32.1 Å². The smallest absolute Gasteiger partial charge is 0.226 e. The Morgan fingerprint density at radius 2 is 2.09 bits per heavy atom. The van der Waals surface area contributed by atoms with Crippen LogP contribution in [-0.4, -0.2) is 33.2 Å². The molecule has 23 heavy (non-hydrogen) atoms. The van der Waals surface area contributed by atoms with Crippen LogP contribution in [0.15, 0.2) is 35.0 Å². The second-order valence-corrected chi connectivity index (χ2v) is 5.90. The molecule has 0 N–H and O–H groups in total. The molecule has 3 aromatic rings. The summed E-state index contributed by atoms with van der Waals surface area (Å²) in [4.78, 5) is 16.0. The third-order valence-corrected chi connectivity index (χ3v) is 4.33. The number of anilines is 1. The van der Waals surface area contributed by atoms with Gasteiger partial charge in [-0.1, -0.05) is 24.2 Å². The number of aryl methyl sites for hydroxylation is 1. The number of hydrogen-bond acceptors (Lipinski definition) is 6. The van der Waals surface area contributed by atoms with Gasteiger partial charge in [0.25, 0.3) is 0 Å². The summed E-state index contributed by atoms with van der Waals surface area (Å²) in [5, 5.41) is 4.14. The zero-order valence-corrected chi connectivity index (χ0v) is 13.1. The van der Waals surface area contributed by atoms with Crippen LogP contribution in [0.2, 0.25) is 0 Å². The van der Waals surface area contributed by atoms with Gasteiger partial charge in [0.05, 0.1) is 17.2 Å². The lowest BCUT2D eigenvalue weighted by Gasteiger charge is -2.32. The quantitative estimate of drug-likeness (QED) is 0.741. The maximum Gasteiger partial charge on any atom is 0.226 e. The number of aromatic nitrogens is 4. The van der Waals surface area contributed by atoms with Gasteiger partial charge in [-0.25, -0.2) is 4.98 Å². The fourth-order valence-electron chi connectivity index (χ4n) is 3.07. The maximum atomic E-state index is 5.26. The summed E-state index contributed by atoms with van der Waals surface area (Å²) in [7, 11) is 0. The third-order valence-electron chi connectivity index (χ3n) is 4.33. The molecule has 3 heterocycles. The van der Waals surface area contributed by atoms with Crippen molar-refractivity contribution in [2.75, 3.05) is 18.0 Å². The molecule has 0 amide bonds. The summed E-state index contributed by atoms with van der Waals surface area (Å²) >= 11 is 0. The second-order valence-electron chi connectivity index (χ2n) is 5.90. The first-order valence-electron chi connectivity index (χ1n) is 8.12. The van der Waals surface area contributed by atoms with Gasteiger partial charge >= 0.3 is 0 Å². The zero-order chi connectivity index (χ0) is 15.6. The highest BCUT2D eigenvalue weighted by Crippen LogP contribution is 2.28. The number of para-hydroxylation sites is 2. The largest absolute Gasteiger partial charge is 0.355 e. The molecule has 1 aliphatic rings. The van der Waals surface area contributed by atoms with Crippen LogP contribution in [0.4, 0.5) is 5.82 Å². The van der Waals surface area contributed by atoms with Crippen LogP contribution in [0.3, 0.4) is 0 Å². The van der Waals surface area contributed by atoms with E-state index in [1.54, 1.807) is 0 Å². The van der Waals surface area contributed by atoms with Gasteiger partial charge in [0.1, 0.15) is 5.82 Å². The van der Waals surface area contributed by atoms with E-state index in [2.05, 4.69) is 20.0 Å². The first-order valence-corrected chi connectivity index (χ1v) is 8.12. The Morgan fingerprint density at radius 3 is 2.91 bits per heavy atom. The highest BCUT2D eigenvalue weighted by molar-refractivity contribution is 5.75. The van der Waals surface area contributed by atoms with E-state index in [-0.39, 0.29) is 0 Å². The summed E-state index contributed by atoms with van der Waals surface area (Å²) in [5.74, 6) is 2.75. The molecule has 0 spiro atoms. The van der Waals surface area contributed by atoms with E-state index in [1.165, 1.54) is 0 Å². The summed E-state index contributed by atoms with van der Waals surface area (Å²) in [6.45, 7) is 3.87. The van der Waals surface area contributed by atoms with Crippen LogP contribution in [0.1, 0.15) is 37.4 Å². The van der Waals surface area contributed by atoms with Gasteiger partial charge in [-0.3, -0.25) is 4.98 Å². The Kier molecular flexibility index (Phi) is 3.65. The van der Waals surface area contributed by atoms with E-state index >= 15 is 0 Å². The Morgan fingerprint density at radius 1 is 1.22 bits per heavy atom. The van der Waals surface area contributed by atoms with Crippen LogP contribution in [-0.2, 0) is 6.42 Å².